The lowest BCUT2D eigenvalue weighted by atomic mass is 10.0. The molecular weight excluding hydrogens is 476 g/mol. The zero-order valence-electron chi connectivity index (χ0n) is 16.5. The molecule has 0 fully saturated rings. The van der Waals surface area contributed by atoms with Crippen molar-refractivity contribution in [2.45, 2.75) is 25.8 Å². The summed E-state index contributed by atoms with van der Waals surface area (Å²) in [4.78, 5) is 20.8. The zero-order chi connectivity index (χ0) is 24.1. The van der Waals surface area contributed by atoms with Crippen molar-refractivity contribution in [2.24, 2.45) is 0 Å². The highest BCUT2D eigenvalue weighted by atomic mass is 35.5. The number of alkyl halides is 6. The van der Waals surface area contributed by atoms with E-state index in [1.807, 2.05) is 0 Å². The minimum absolute atomic E-state index is 0.0206. The molecule has 0 saturated heterocycles. The summed E-state index contributed by atoms with van der Waals surface area (Å²) >= 11 is 6.25. The molecule has 4 aromatic rings. The molecule has 0 aliphatic heterocycles. The Morgan fingerprint density at radius 2 is 1.73 bits per heavy atom. The summed E-state index contributed by atoms with van der Waals surface area (Å²) in [6, 6.07) is 8.15. The summed E-state index contributed by atoms with van der Waals surface area (Å²) in [7, 11) is 0. The molecule has 0 amide bonds. The Hall–Kier alpha value is -3.41. The van der Waals surface area contributed by atoms with E-state index in [2.05, 4.69) is 15.1 Å². The Bertz CT molecular complexity index is 1410. The van der Waals surface area contributed by atoms with Crippen LogP contribution in [0.25, 0.3) is 28.2 Å². The SMILES string of the molecule is Cc1nc2c(-c3ccc(C(F)(F)F)cn3)c(-c3ccccc3Cl)nn2c(=O)n1CC(F)(F)F. The van der Waals surface area contributed by atoms with E-state index in [1.165, 1.54) is 13.0 Å². The van der Waals surface area contributed by atoms with Crippen LogP contribution in [0.4, 0.5) is 26.3 Å². The molecule has 3 aromatic heterocycles. The summed E-state index contributed by atoms with van der Waals surface area (Å²) in [5, 5.41) is 4.33. The number of hydrogen-bond acceptors (Lipinski definition) is 4. The van der Waals surface area contributed by atoms with Crippen LogP contribution in [0.5, 0.6) is 0 Å². The summed E-state index contributed by atoms with van der Waals surface area (Å²) in [5.41, 5.74) is -1.94. The smallest absolute Gasteiger partial charge is 0.271 e. The number of halogens is 7. The number of fused-ring (bicyclic) bond motifs is 1. The minimum atomic E-state index is -4.69. The van der Waals surface area contributed by atoms with Crippen LogP contribution in [0.3, 0.4) is 0 Å². The highest BCUT2D eigenvalue weighted by Gasteiger charge is 2.33. The third-order valence-corrected chi connectivity index (χ3v) is 5.07. The summed E-state index contributed by atoms with van der Waals surface area (Å²) in [6.45, 7) is -0.380. The summed E-state index contributed by atoms with van der Waals surface area (Å²) < 4.78 is 78.9. The molecule has 0 spiro atoms. The lowest BCUT2D eigenvalue weighted by molar-refractivity contribution is -0.142. The Kier molecular flexibility index (Phi) is 5.43. The molecule has 4 rings (SSSR count). The van der Waals surface area contributed by atoms with E-state index in [4.69, 9.17) is 11.6 Å². The van der Waals surface area contributed by atoms with Crippen molar-refractivity contribution in [3.05, 3.63) is 69.5 Å². The predicted octanol–water partition coefficient (Wildman–Crippen LogP) is 5.16. The van der Waals surface area contributed by atoms with Gasteiger partial charge in [-0.1, -0.05) is 29.8 Å². The van der Waals surface area contributed by atoms with Gasteiger partial charge in [0.05, 0.1) is 21.8 Å². The van der Waals surface area contributed by atoms with Gasteiger partial charge in [-0.15, -0.1) is 0 Å². The largest absolute Gasteiger partial charge is 0.417 e. The fourth-order valence-electron chi connectivity index (χ4n) is 3.26. The van der Waals surface area contributed by atoms with Gasteiger partial charge >= 0.3 is 18.0 Å². The lowest BCUT2D eigenvalue weighted by Crippen LogP contribution is -2.35. The molecule has 0 bridgehead atoms. The van der Waals surface area contributed by atoms with Gasteiger partial charge in [-0.05, 0) is 25.1 Å². The van der Waals surface area contributed by atoms with Gasteiger partial charge in [0.1, 0.15) is 18.1 Å². The number of nitrogens with zero attached hydrogens (tertiary/aromatic N) is 5. The molecule has 6 nitrogen and oxygen atoms in total. The maximum absolute atomic E-state index is 13.0. The first-order valence-corrected chi connectivity index (χ1v) is 9.60. The topological polar surface area (TPSA) is 65.1 Å². The van der Waals surface area contributed by atoms with Crippen molar-refractivity contribution < 1.29 is 26.3 Å². The maximum atomic E-state index is 13.0. The third kappa shape index (κ3) is 4.30. The van der Waals surface area contributed by atoms with Crippen molar-refractivity contribution in [3.63, 3.8) is 0 Å². The van der Waals surface area contributed by atoms with Crippen molar-refractivity contribution in [1.29, 1.82) is 0 Å². The maximum Gasteiger partial charge on any atom is 0.417 e. The summed E-state index contributed by atoms with van der Waals surface area (Å²) in [5.74, 6) is -0.261. The van der Waals surface area contributed by atoms with Crippen LogP contribution < -0.4 is 5.69 Å². The van der Waals surface area contributed by atoms with Crippen LogP contribution in [-0.2, 0) is 12.7 Å². The van der Waals surface area contributed by atoms with E-state index in [1.54, 1.807) is 18.2 Å². The van der Waals surface area contributed by atoms with E-state index >= 15 is 0 Å². The molecule has 33 heavy (non-hydrogen) atoms. The number of pyridine rings is 1. The molecule has 0 aliphatic rings. The molecule has 13 heteroatoms. The van der Waals surface area contributed by atoms with Gasteiger partial charge in [0, 0.05) is 11.8 Å². The second-order valence-corrected chi connectivity index (χ2v) is 7.42. The molecule has 3 heterocycles. The molecule has 0 radical (unpaired) electrons. The molecular formula is C20H12ClF6N5O. The number of rotatable bonds is 3. The van der Waals surface area contributed by atoms with E-state index < -0.39 is 30.2 Å². The van der Waals surface area contributed by atoms with Gasteiger partial charge in [0.25, 0.3) is 0 Å². The van der Waals surface area contributed by atoms with Crippen LogP contribution in [-0.4, -0.2) is 30.3 Å². The highest BCUT2D eigenvalue weighted by molar-refractivity contribution is 6.33. The van der Waals surface area contributed by atoms with E-state index in [0.29, 0.717) is 20.8 Å². The molecule has 1 aromatic carbocycles. The molecule has 0 atom stereocenters. The van der Waals surface area contributed by atoms with Gasteiger partial charge in [0.2, 0.25) is 0 Å². The van der Waals surface area contributed by atoms with E-state index in [9.17, 15) is 31.1 Å². The fraction of sp³-hybridized carbons (Fsp3) is 0.200. The fourth-order valence-corrected chi connectivity index (χ4v) is 3.49. The van der Waals surface area contributed by atoms with Gasteiger partial charge in [0.15, 0.2) is 5.65 Å². The Balaban J connectivity index is 2.04. The molecule has 0 saturated carbocycles. The number of aryl methyl sites for hydroxylation is 1. The van der Waals surface area contributed by atoms with Gasteiger partial charge in [-0.2, -0.15) is 36.0 Å². The van der Waals surface area contributed by atoms with Crippen molar-refractivity contribution in [3.8, 4) is 22.5 Å². The third-order valence-electron chi connectivity index (χ3n) is 4.74. The van der Waals surface area contributed by atoms with E-state index in [-0.39, 0.29) is 33.4 Å². The second-order valence-electron chi connectivity index (χ2n) is 7.01. The minimum Gasteiger partial charge on any atom is -0.271 e. The van der Waals surface area contributed by atoms with Crippen molar-refractivity contribution in [2.75, 3.05) is 0 Å². The zero-order valence-corrected chi connectivity index (χ0v) is 17.3. The first kappa shape index (κ1) is 22.8. The normalized spacial score (nSPS) is 12.5. The van der Waals surface area contributed by atoms with Crippen LogP contribution in [0, 0.1) is 6.92 Å². The van der Waals surface area contributed by atoms with Gasteiger partial charge in [-0.25, -0.2) is 9.78 Å². The Morgan fingerprint density at radius 1 is 1.03 bits per heavy atom. The second kappa shape index (κ2) is 7.87. The van der Waals surface area contributed by atoms with Gasteiger partial charge in [-0.3, -0.25) is 9.55 Å². The molecule has 0 unspecified atom stereocenters. The van der Waals surface area contributed by atoms with Crippen LogP contribution >= 0.6 is 11.6 Å². The molecule has 172 valence electrons. The van der Waals surface area contributed by atoms with Crippen molar-refractivity contribution >= 4 is 17.2 Å². The first-order chi connectivity index (χ1) is 15.4. The summed E-state index contributed by atoms with van der Waals surface area (Å²) in [6.07, 6.45) is -8.72. The average molecular weight is 488 g/mol. The Morgan fingerprint density at radius 3 is 2.30 bits per heavy atom. The Labute approximate surface area is 186 Å². The monoisotopic (exact) mass is 487 g/mol. The highest BCUT2D eigenvalue weighted by Crippen LogP contribution is 2.37. The predicted molar refractivity (Wildman–Crippen MR) is 107 cm³/mol. The van der Waals surface area contributed by atoms with Crippen LogP contribution in [0.15, 0.2) is 47.4 Å². The van der Waals surface area contributed by atoms with Crippen molar-refractivity contribution in [1.82, 2.24) is 24.1 Å². The number of aromatic nitrogens is 5. The average Bonchev–Trinajstić information content (AvgIpc) is 3.09. The van der Waals surface area contributed by atoms with Crippen LogP contribution in [0.2, 0.25) is 5.02 Å². The lowest BCUT2D eigenvalue weighted by Gasteiger charge is -2.12. The van der Waals surface area contributed by atoms with Gasteiger partial charge < -0.3 is 0 Å². The van der Waals surface area contributed by atoms with E-state index in [0.717, 1.165) is 12.1 Å². The standard InChI is InChI=1S/C20H12ClF6N5O/c1-10-29-17-15(14-7-6-11(8-28-14)20(25,26)27)16(12-4-2-3-5-13(12)21)30-32(17)18(33)31(10)9-19(22,23)24/h2-8H,9H2,1H3. The number of hydrogen-bond donors (Lipinski definition) is 0. The first-order valence-electron chi connectivity index (χ1n) is 9.22. The quantitative estimate of drug-likeness (QED) is 0.374. The molecule has 0 N–H and O–H groups in total. The number of benzene rings is 1. The molecule has 0 aliphatic carbocycles. The van der Waals surface area contributed by atoms with Crippen LogP contribution in [0.1, 0.15) is 11.4 Å².